The molecule has 0 saturated heterocycles. The van der Waals surface area contributed by atoms with Crippen LogP contribution in [0.25, 0.3) is 0 Å². The minimum absolute atomic E-state index is 0.214. The molecule has 108 valence electrons. The average molecular weight is 268 g/mol. The molecule has 0 fully saturated rings. The largest absolute Gasteiger partial charge is 0.475 e. The minimum Gasteiger partial charge on any atom is -0.475 e. The van der Waals surface area contributed by atoms with E-state index in [0.29, 0.717) is 30.7 Å². The molecule has 6 heteroatoms. The lowest BCUT2D eigenvalue weighted by atomic mass is 10.2. The van der Waals surface area contributed by atoms with Gasteiger partial charge in [0, 0.05) is 12.5 Å². The summed E-state index contributed by atoms with van der Waals surface area (Å²) in [7, 11) is 0. The summed E-state index contributed by atoms with van der Waals surface area (Å²) in [5.74, 6) is 7.55. The van der Waals surface area contributed by atoms with E-state index in [-0.39, 0.29) is 5.92 Å². The van der Waals surface area contributed by atoms with Crippen molar-refractivity contribution >= 4 is 5.82 Å². The topological polar surface area (TPSA) is 82.3 Å². The molecule has 0 aliphatic carbocycles. The molecule has 0 aliphatic heterocycles. The molecule has 1 aromatic rings. The molecule has 19 heavy (non-hydrogen) atoms. The zero-order valence-electron chi connectivity index (χ0n) is 12.2. The molecule has 0 spiro atoms. The second-order valence-electron chi connectivity index (χ2n) is 4.62. The first kappa shape index (κ1) is 15.7. The minimum atomic E-state index is 0.214. The maximum atomic E-state index is 5.65. The van der Waals surface area contributed by atoms with Crippen molar-refractivity contribution in [3.63, 3.8) is 0 Å². The Labute approximate surface area is 114 Å². The number of hydrazine groups is 1. The van der Waals surface area contributed by atoms with Crippen molar-refractivity contribution in [1.82, 2.24) is 9.97 Å². The van der Waals surface area contributed by atoms with Crippen LogP contribution in [-0.2, 0) is 4.74 Å². The van der Waals surface area contributed by atoms with E-state index in [1.807, 2.05) is 20.8 Å². The number of nitrogens with two attached hydrogens (primary N) is 1. The van der Waals surface area contributed by atoms with E-state index in [1.165, 1.54) is 0 Å². The Balaban J connectivity index is 2.72. The first-order valence-electron chi connectivity index (χ1n) is 6.65. The fourth-order valence-corrected chi connectivity index (χ4v) is 1.50. The Bertz CT molecular complexity index is 396. The smallest absolute Gasteiger partial charge is 0.221 e. The van der Waals surface area contributed by atoms with Crippen molar-refractivity contribution in [3.05, 3.63) is 11.4 Å². The van der Waals surface area contributed by atoms with Gasteiger partial charge in [-0.05, 0) is 13.3 Å². The highest BCUT2D eigenvalue weighted by molar-refractivity contribution is 5.47. The van der Waals surface area contributed by atoms with Gasteiger partial charge >= 0.3 is 0 Å². The van der Waals surface area contributed by atoms with Gasteiger partial charge in [-0.1, -0.05) is 20.8 Å². The van der Waals surface area contributed by atoms with Crippen molar-refractivity contribution in [2.75, 3.05) is 25.2 Å². The Morgan fingerprint density at radius 3 is 2.53 bits per heavy atom. The summed E-state index contributed by atoms with van der Waals surface area (Å²) in [5.41, 5.74) is 3.39. The number of hydrogen-bond acceptors (Lipinski definition) is 6. The maximum Gasteiger partial charge on any atom is 0.221 e. The van der Waals surface area contributed by atoms with Gasteiger partial charge in [0.15, 0.2) is 0 Å². The van der Waals surface area contributed by atoms with E-state index in [9.17, 15) is 0 Å². The molecule has 0 atom stereocenters. The second kappa shape index (κ2) is 7.91. The summed E-state index contributed by atoms with van der Waals surface area (Å²) in [4.78, 5) is 8.76. The number of aromatic nitrogens is 2. The molecule has 0 unspecified atom stereocenters. The molecule has 0 aliphatic rings. The fourth-order valence-electron chi connectivity index (χ4n) is 1.50. The monoisotopic (exact) mass is 268 g/mol. The third kappa shape index (κ3) is 4.65. The molecule has 1 heterocycles. The highest BCUT2D eigenvalue weighted by Crippen LogP contribution is 2.24. The lowest BCUT2D eigenvalue weighted by Gasteiger charge is -2.14. The van der Waals surface area contributed by atoms with E-state index in [2.05, 4.69) is 22.3 Å². The van der Waals surface area contributed by atoms with Gasteiger partial charge in [0.25, 0.3) is 0 Å². The summed E-state index contributed by atoms with van der Waals surface area (Å²) in [5, 5.41) is 0. The van der Waals surface area contributed by atoms with Crippen molar-refractivity contribution in [1.29, 1.82) is 0 Å². The van der Waals surface area contributed by atoms with Gasteiger partial charge in [-0.3, -0.25) is 0 Å². The quantitative estimate of drug-likeness (QED) is 0.426. The van der Waals surface area contributed by atoms with Gasteiger partial charge in [-0.2, -0.15) is 4.98 Å². The van der Waals surface area contributed by atoms with Gasteiger partial charge < -0.3 is 14.9 Å². The Morgan fingerprint density at radius 2 is 1.95 bits per heavy atom. The van der Waals surface area contributed by atoms with Crippen molar-refractivity contribution < 1.29 is 9.47 Å². The molecular formula is C13H24N4O2. The molecule has 3 N–H and O–H groups in total. The first-order valence-corrected chi connectivity index (χ1v) is 6.65. The number of rotatable bonds is 8. The molecule has 1 rings (SSSR count). The van der Waals surface area contributed by atoms with Crippen LogP contribution in [0.2, 0.25) is 0 Å². The molecule has 0 saturated carbocycles. The number of nitrogens with zero attached hydrogens (tertiary/aromatic N) is 2. The molecule has 0 aromatic carbocycles. The number of ether oxygens (including phenoxy) is 2. The molecule has 6 nitrogen and oxygen atoms in total. The highest BCUT2D eigenvalue weighted by Gasteiger charge is 2.13. The predicted octanol–water partition coefficient (Wildman–Crippen LogP) is 2.00. The van der Waals surface area contributed by atoms with Gasteiger partial charge in [-0.15, -0.1) is 0 Å². The van der Waals surface area contributed by atoms with Crippen LogP contribution in [-0.4, -0.2) is 29.8 Å². The van der Waals surface area contributed by atoms with Crippen LogP contribution in [0.3, 0.4) is 0 Å². The summed E-state index contributed by atoms with van der Waals surface area (Å²) >= 11 is 0. The maximum absolute atomic E-state index is 5.65. The van der Waals surface area contributed by atoms with E-state index in [0.717, 1.165) is 18.6 Å². The lowest BCUT2D eigenvalue weighted by Crippen LogP contribution is -2.15. The van der Waals surface area contributed by atoms with Gasteiger partial charge in [0.2, 0.25) is 5.88 Å². The van der Waals surface area contributed by atoms with Gasteiger partial charge in [0.05, 0.1) is 12.2 Å². The van der Waals surface area contributed by atoms with Crippen LogP contribution >= 0.6 is 0 Å². The van der Waals surface area contributed by atoms with Crippen LogP contribution in [0.4, 0.5) is 5.82 Å². The summed E-state index contributed by atoms with van der Waals surface area (Å²) < 4.78 is 11.0. The zero-order chi connectivity index (χ0) is 14.3. The predicted molar refractivity (Wildman–Crippen MR) is 75.3 cm³/mol. The van der Waals surface area contributed by atoms with E-state index in [4.69, 9.17) is 15.3 Å². The fraction of sp³-hybridized carbons (Fsp3) is 0.692. The molecule has 0 bridgehead atoms. The lowest BCUT2D eigenvalue weighted by molar-refractivity contribution is 0.0986. The molecule has 1 aromatic heterocycles. The van der Waals surface area contributed by atoms with E-state index < -0.39 is 0 Å². The molecular weight excluding hydrogens is 244 g/mol. The third-order valence-corrected chi connectivity index (χ3v) is 2.59. The van der Waals surface area contributed by atoms with Crippen LogP contribution in [0, 0.1) is 6.92 Å². The van der Waals surface area contributed by atoms with Crippen LogP contribution in [0.1, 0.15) is 44.5 Å². The SMILES string of the molecule is CCCOCCOc1nc(C(C)C)nc(NN)c1C. The summed E-state index contributed by atoms with van der Waals surface area (Å²) in [6.45, 7) is 9.78. The van der Waals surface area contributed by atoms with Crippen molar-refractivity contribution in [2.45, 2.75) is 40.0 Å². The Hall–Kier alpha value is -1.40. The zero-order valence-corrected chi connectivity index (χ0v) is 12.2. The molecule has 0 amide bonds. The number of hydrogen-bond donors (Lipinski definition) is 2. The second-order valence-corrected chi connectivity index (χ2v) is 4.62. The average Bonchev–Trinajstić information content (AvgIpc) is 2.40. The van der Waals surface area contributed by atoms with Crippen LogP contribution in [0.5, 0.6) is 5.88 Å². The summed E-state index contributed by atoms with van der Waals surface area (Å²) in [6.07, 6.45) is 1.01. The Kier molecular flexibility index (Phi) is 6.52. The van der Waals surface area contributed by atoms with Crippen molar-refractivity contribution in [3.8, 4) is 5.88 Å². The van der Waals surface area contributed by atoms with E-state index in [1.54, 1.807) is 0 Å². The van der Waals surface area contributed by atoms with Gasteiger partial charge in [0.1, 0.15) is 18.2 Å². The van der Waals surface area contributed by atoms with Crippen molar-refractivity contribution in [2.24, 2.45) is 5.84 Å². The highest BCUT2D eigenvalue weighted by atomic mass is 16.5. The van der Waals surface area contributed by atoms with Crippen LogP contribution in [0.15, 0.2) is 0 Å². The normalized spacial score (nSPS) is 10.8. The third-order valence-electron chi connectivity index (χ3n) is 2.59. The van der Waals surface area contributed by atoms with Gasteiger partial charge in [-0.25, -0.2) is 10.8 Å². The van der Waals surface area contributed by atoms with Crippen LogP contribution < -0.4 is 16.0 Å². The number of nitrogen functional groups attached to an aromatic ring is 1. The standard InChI is InChI=1S/C13H24N4O2/c1-5-6-18-7-8-19-13-10(4)12(17-14)15-11(16-13)9(2)3/h9H,5-8,14H2,1-4H3,(H,15,16,17). The van der Waals surface area contributed by atoms with E-state index >= 15 is 0 Å². The summed E-state index contributed by atoms with van der Waals surface area (Å²) in [6, 6.07) is 0. The number of anilines is 1. The number of nitrogens with one attached hydrogen (secondary N) is 1. The first-order chi connectivity index (χ1) is 9.10. The molecule has 0 radical (unpaired) electrons. The Morgan fingerprint density at radius 1 is 1.21 bits per heavy atom.